The van der Waals surface area contributed by atoms with Crippen LogP contribution in [0.1, 0.15) is 41.9 Å². The molecule has 32 heavy (non-hydrogen) atoms. The van der Waals surface area contributed by atoms with Crippen molar-refractivity contribution in [2.75, 3.05) is 0 Å². The van der Waals surface area contributed by atoms with Gasteiger partial charge < -0.3 is 5.32 Å². The Balaban J connectivity index is 2.17. The zero-order valence-corrected chi connectivity index (χ0v) is 17.4. The highest BCUT2D eigenvalue weighted by atomic mass is 19.4. The van der Waals surface area contributed by atoms with E-state index >= 15 is 0 Å². The van der Waals surface area contributed by atoms with Crippen molar-refractivity contribution in [3.05, 3.63) is 92.3 Å². The Morgan fingerprint density at radius 3 is 2.41 bits per heavy atom. The largest absolute Gasteiger partial charge is 0.416 e. The van der Waals surface area contributed by atoms with Crippen molar-refractivity contribution >= 4 is 5.91 Å². The molecule has 1 atom stereocenters. The van der Waals surface area contributed by atoms with E-state index in [-0.39, 0.29) is 11.6 Å². The summed E-state index contributed by atoms with van der Waals surface area (Å²) >= 11 is 0. The van der Waals surface area contributed by atoms with Crippen molar-refractivity contribution in [3.63, 3.8) is 0 Å². The lowest BCUT2D eigenvalue weighted by molar-refractivity contribution is -0.137. The van der Waals surface area contributed by atoms with Gasteiger partial charge >= 0.3 is 11.9 Å². The molecule has 1 heterocycles. The molecule has 0 saturated heterocycles. The van der Waals surface area contributed by atoms with E-state index in [4.69, 9.17) is 0 Å². The molecular weight excluding hydrogens is 425 g/mol. The van der Waals surface area contributed by atoms with Crippen LogP contribution in [0.25, 0.3) is 5.69 Å². The summed E-state index contributed by atoms with van der Waals surface area (Å²) in [5.41, 5.74) is -2.92. The minimum atomic E-state index is -4.58. The van der Waals surface area contributed by atoms with Crippen LogP contribution in [0.15, 0.2) is 64.2 Å². The maximum atomic E-state index is 13.1. The van der Waals surface area contributed by atoms with E-state index in [1.165, 1.54) is 12.1 Å². The first kappa shape index (κ1) is 23.0. The van der Waals surface area contributed by atoms with Gasteiger partial charge in [-0.25, -0.2) is 4.79 Å². The first-order chi connectivity index (χ1) is 15.1. The number of rotatable bonds is 6. The molecule has 3 aromatic rings. The van der Waals surface area contributed by atoms with E-state index in [9.17, 15) is 27.6 Å². The molecule has 0 spiro atoms. The van der Waals surface area contributed by atoms with Crippen LogP contribution in [-0.2, 0) is 12.7 Å². The van der Waals surface area contributed by atoms with Crippen LogP contribution in [0.5, 0.6) is 0 Å². The van der Waals surface area contributed by atoms with Gasteiger partial charge in [0, 0.05) is 6.04 Å². The fourth-order valence-electron chi connectivity index (χ4n) is 2.96. The van der Waals surface area contributed by atoms with Gasteiger partial charge in [-0.15, -0.1) is 0 Å². The molecule has 0 aliphatic heterocycles. The maximum Gasteiger partial charge on any atom is 0.416 e. The van der Waals surface area contributed by atoms with Gasteiger partial charge in [0.1, 0.15) is 0 Å². The molecule has 7 nitrogen and oxygen atoms in total. The zero-order chi connectivity index (χ0) is 23.5. The van der Waals surface area contributed by atoms with E-state index in [2.05, 4.69) is 10.4 Å². The molecule has 1 amide bonds. The molecule has 0 radical (unpaired) electrons. The number of carbonyl (C=O) groups excluding carboxylic acids is 1. The second-order valence-electron chi connectivity index (χ2n) is 7.25. The van der Waals surface area contributed by atoms with Gasteiger partial charge in [0.25, 0.3) is 11.5 Å². The summed E-state index contributed by atoms with van der Waals surface area (Å²) in [6, 6.07) is 12.2. The van der Waals surface area contributed by atoms with Crippen molar-refractivity contribution in [2.45, 2.75) is 39.0 Å². The molecule has 2 aromatic carbocycles. The Morgan fingerprint density at radius 2 is 1.78 bits per heavy atom. The number of benzene rings is 2. The smallest absolute Gasteiger partial charge is 0.348 e. The first-order valence-corrected chi connectivity index (χ1v) is 9.88. The number of aromatic nitrogens is 3. The molecule has 0 aliphatic rings. The van der Waals surface area contributed by atoms with Gasteiger partial charge in [-0.05, 0) is 43.2 Å². The minimum absolute atomic E-state index is 0.0816. The van der Waals surface area contributed by atoms with Gasteiger partial charge in [-0.1, -0.05) is 37.3 Å². The number of alkyl halides is 3. The zero-order valence-electron chi connectivity index (χ0n) is 17.4. The van der Waals surface area contributed by atoms with Gasteiger partial charge in [0.05, 0.1) is 17.8 Å². The van der Waals surface area contributed by atoms with E-state index in [0.717, 1.165) is 16.8 Å². The fourth-order valence-corrected chi connectivity index (χ4v) is 2.96. The highest BCUT2D eigenvalue weighted by molar-refractivity contribution is 5.91. The van der Waals surface area contributed by atoms with Crippen molar-refractivity contribution in [3.8, 4) is 5.69 Å². The van der Waals surface area contributed by atoms with Crippen LogP contribution in [0.2, 0.25) is 0 Å². The maximum absolute atomic E-state index is 13.1. The van der Waals surface area contributed by atoms with E-state index < -0.39 is 41.1 Å². The number of hydrogen-bond donors (Lipinski definition) is 1. The lowest BCUT2D eigenvalue weighted by Crippen LogP contribution is -2.47. The van der Waals surface area contributed by atoms with Crippen LogP contribution in [-0.4, -0.2) is 26.3 Å². The summed E-state index contributed by atoms with van der Waals surface area (Å²) in [4.78, 5) is 38.7. The summed E-state index contributed by atoms with van der Waals surface area (Å²) in [7, 11) is 0. The molecule has 0 unspecified atom stereocenters. The predicted molar refractivity (Wildman–Crippen MR) is 112 cm³/mol. The molecular formula is C22H21F3N4O3. The third kappa shape index (κ3) is 4.96. The molecule has 3 rings (SSSR count). The van der Waals surface area contributed by atoms with Crippen LogP contribution >= 0.6 is 0 Å². The standard InChI is InChI=1S/C22H21F3N4O3/c1-3-14(2)26-19(30)18-20(31)28(13-15-8-7-9-16(12-15)22(23,24)25)21(32)29(27-18)17-10-5-4-6-11-17/h4-12,14H,3,13H2,1-2H3,(H,26,30)/t14-/m0/s1. The summed E-state index contributed by atoms with van der Waals surface area (Å²) in [5, 5.41) is 6.59. The van der Waals surface area contributed by atoms with Gasteiger partial charge in [-0.3, -0.25) is 14.2 Å². The van der Waals surface area contributed by atoms with E-state index in [1.54, 1.807) is 37.3 Å². The number of halogens is 3. The van der Waals surface area contributed by atoms with Crippen molar-refractivity contribution < 1.29 is 18.0 Å². The average molecular weight is 446 g/mol. The van der Waals surface area contributed by atoms with Crippen LogP contribution in [0.4, 0.5) is 13.2 Å². The molecule has 0 aliphatic carbocycles. The molecule has 1 N–H and O–H groups in total. The number of carbonyl (C=O) groups is 1. The lowest BCUT2D eigenvalue weighted by Gasteiger charge is -2.15. The SMILES string of the molecule is CC[C@H](C)NC(=O)c1nn(-c2ccccc2)c(=O)n(Cc2cccc(C(F)(F)F)c2)c1=O. The Hall–Kier alpha value is -3.69. The number of nitrogens with zero attached hydrogens (tertiary/aromatic N) is 3. The Labute approximate surface area is 181 Å². The molecule has 168 valence electrons. The highest BCUT2D eigenvalue weighted by Gasteiger charge is 2.30. The van der Waals surface area contributed by atoms with Gasteiger partial charge in [0.2, 0.25) is 5.69 Å². The van der Waals surface area contributed by atoms with Crippen molar-refractivity contribution in [1.29, 1.82) is 0 Å². The molecule has 10 heteroatoms. The first-order valence-electron chi connectivity index (χ1n) is 9.88. The van der Waals surface area contributed by atoms with Gasteiger partial charge in [-0.2, -0.15) is 23.0 Å². The second kappa shape index (κ2) is 9.21. The van der Waals surface area contributed by atoms with E-state index in [1.807, 2.05) is 6.92 Å². The summed E-state index contributed by atoms with van der Waals surface area (Å²) < 4.78 is 40.8. The van der Waals surface area contributed by atoms with Gasteiger partial charge in [0.15, 0.2) is 0 Å². The number of para-hydroxylation sites is 1. The Kier molecular flexibility index (Phi) is 6.61. The normalized spacial score (nSPS) is 12.4. The predicted octanol–water partition coefficient (Wildman–Crippen LogP) is 2.99. The fraction of sp³-hybridized carbons (Fsp3) is 0.273. The summed E-state index contributed by atoms with van der Waals surface area (Å²) in [6.45, 7) is 3.13. The van der Waals surface area contributed by atoms with Crippen molar-refractivity contribution in [1.82, 2.24) is 19.7 Å². The summed E-state index contributed by atoms with van der Waals surface area (Å²) in [5.74, 6) is -0.771. The summed E-state index contributed by atoms with van der Waals surface area (Å²) in [6.07, 6.45) is -3.98. The third-order valence-electron chi connectivity index (χ3n) is 4.86. The number of amides is 1. The Morgan fingerprint density at radius 1 is 1.09 bits per heavy atom. The second-order valence-corrected chi connectivity index (χ2v) is 7.25. The molecule has 0 bridgehead atoms. The van der Waals surface area contributed by atoms with E-state index in [0.29, 0.717) is 16.7 Å². The topological polar surface area (TPSA) is 86.0 Å². The van der Waals surface area contributed by atoms with Crippen LogP contribution < -0.4 is 16.6 Å². The molecule has 0 fully saturated rings. The monoisotopic (exact) mass is 446 g/mol. The minimum Gasteiger partial charge on any atom is -0.348 e. The molecule has 0 saturated carbocycles. The lowest BCUT2D eigenvalue weighted by atomic mass is 10.1. The Bertz CT molecular complexity index is 1230. The van der Waals surface area contributed by atoms with Crippen LogP contribution in [0.3, 0.4) is 0 Å². The third-order valence-corrected chi connectivity index (χ3v) is 4.86. The number of hydrogen-bond acceptors (Lipinski definition) is 4. The van der Waals surface area contributed by atoms with Crippen molar-refractivity contribution in [2.24, 2.45) is 0 Å². The van der Waals surface area contributed by atoms with Crippen LogP contribution in [0, 0.1) is 0 Å². The quantitative estimate of drug-likeness (QED) is 0.631. The molecule has 1 aromatic heterocycles. The average Bonchev–Trinajstić information content (AvgIpc) is 2.76. The number of nitrogens with one attached hydrogen (secondary N) is 1. The highest BCUT2D eigenvalue weighted by Crippen LogP contribution is 2.29.